The molecule has 0 fully saturated rings. The zero-order chi connectivity index (χ0) is 20.9. The highest BCUT2D eigenvalue weighted by Crippen LogP contribution is 2.45. The average Bonchev–Trinajstić information content (AvgIpc) is 2.67. The molecule has 5 nitrogen and oxygen atoms in total. The van der Waals surface area contributed by atoms with Crippen molar-refractivity contribution >= 4 is 5.97 Å². The van der Waals surface area contributed by atoms with Crippen LogP contribution in [0.2, 0.25) is 0 Å². The fourth-order valence-electron chi connectivity index (χ4n) is 3.85. The Morgan fingerprint density at radius 3 is 1.75 bits per heavy atom. The molecular formula is C23H38O5. The summed E-state index contributed by atoms with van der Waals surface area (Å²) in [5, 5.41) is 39.6. The summed E-state index contributed by atoms with van der Waals surface area (Å²) in [5.74, 6) is -3.04. The third-order valence-electron chi connectivity index (χ3n) is 5.49. The molecular weight excluding hydrogens is 356 g/mol. The van der Waals surface area contributed by atoms with Crippen LogP contribution in [-0.2, 0) is 0 Å². The number of unbranched alkanes of at least 4 members (excludes halogenated alkanes) is 9. The number of carboxylic acid groups (broad SMARTS) is 1. The zero-order valence-corrected chi connectivity index (χ0v) is 17.5. The van der Waals surface area contributed by atoms with Crippen LogP contribution in [0.15, 0.2) is 6.07 Å². The first-order chi connectivity index (χ1) is 13.4. The van der Waals surface area contributed by atoms with Gasteiger partial charge in [0.1, 0.15) is 0 Å². The number of phenolic OH excluding ortho intramolecular Hbond substituents is 3. The maximum atomic E-state index is 11.7. The Bertz CT molecular complexity index is 597. The van der Waals surface area contributed by atoms with E-state index in [4.69, 9.17) is 0 Å². The van der Waals surface area contributed by atoms with Crippen LogP contribution in [-0.4, -0.2) is 26.4 Å². The highest BCUT2D eigenvalue weighted by atomic mass is 16.4. The molecule has 0 aliphatic heterocycles. The van der Waals surface area contributed by atoms with Crippen LogP contribution in [0.4, 0.5) is 0 Å². The summed E-state index contributed by atoms with van der Waals surface area (Å²) in [4.78, 5) is 11.7. The number of aromatic hydroxyl groups is 3. The third-order valence-corrected chi connectivity index (χ3v) is 5.49. The molecule has 1 unspecified atom stereocenters. The lowest BCUT2D eigenvalue weighted by Crippen LogP contribution is -2.09. The molecule has 1 rings (SSSR count). The summed E-state index contributed by atoms with van der Waals surface area (Å²) in [7, 11) is 0. The first-order valence-corrected chi connectivity index (χ1v) is 10.9. The summed E-state index contributed by atoms with van der Waals surface area (Å²) < 4.78 is 0. The molecule has 0 amide bonds. The number of hydrogen-bond acceptors (Lipinski definition) is 4. The molecule has 160 valence electrons. The van der Waals surface area contributed by atoms with E-state index >= 15 is 0 Å². The zero-order valence-electron chi connectivity index (χ0n) is 17.5. The summed E-state index contributed by atoms with van der Waals surface area (Å²) in [5.41, 5.74) is 0.154. The second-order valence-electron chi connectivity index (χ2n) is 7.82. The summed E-state index contributed by atoms with van der Waals surface area (Å²) >= 11 is 0. The highest BCUT2D eigenvalue weighted by molar-refractivity contribution is 5.92. The molecule has 0 spiro atoms. The summed E-state index contributed by atoms with van der Waals surface area (Å²) in [6, 6.07) is 1.05. The Labute approximate surface area is 169 Å². The Balaban J connectivity index is 2.89. The minimum Gasteiger partial charge on any atom is -0.504 e. The lowest BCUT2D eigenvalue weighted by molar-refractivity contribution is 0.0693. The van der Waals surface area contributed by atoms with Crippen molar-refractivity contribution in [2.45, 2.75) is 103 Å². The van der Waals surface area contributed by atoms with Crippen molar-refractivity contribution in [2.24, 2.45) is 0 Å². The van der Waals surface area contributed by atoms with Gasteiger partial charge in [-0.15, -0.1) is 0 Å². The first-order valence-electron chi connectivity index (χ1n) is 10.9. The van der Waals surface area contributed by atoms with Crippen LogP contribution in [0.1, 0.15) is 119 Å². The summed E-state index contributed by atoms with van der Waals surface area (Å²) in [6.45, 7) is 4.34. The minimum absolute atomic E-state index is 0.115. The Hall–Kier alpha value is -1.91. The van der Waals surface area contributed by atoms with Crippen molar-refractivity contribution in [1.82, 2.24) is 0 Å². The largest absolute Gasteiger partial charge is 0.504 e. The van der Waals surface area contributed by atoms with E-state index in [0.717, 1.165) is 57.4 Å². The van der Waals surface area contributed by atoms with Crippen LogP contribution in [0.3, 0.4) is 0 Å². The van der Waals surface area contributed by atoms with E-state index in [1.54, 1.807) is 0 Å². The maximum absolute atomic E-state index is 11.7. The molecule has 1 atom stereocenters. The molecule has 0 saturated carbocycles. The van der Waals surface area contributed by atoms with E-state index in [-0.39, 0.29) is 17.0 Å². The summed E-state index contributed by atoms with van der Waals surface area (Å²) in [6.07, 6.45) is 14.0. The predicted octanol–water partition coefficient (Wildman–Crippen LogP) is 6.70. The Kier molecular flexibility index (Phi) is 11.5. The lowest BCUT2D eigenvalue weighted by Gasteiger charge is -2.21. The van der Waals surface area contributed by atoms with Crippen LogP contribution in [0.5, 0.6) is 17.2 Å². The molecule has 5 heteroatoms. The molecule has 0 aromatic heterocycles. The molecule has 4 N–H and O–H groups in total. The highest BCUT2D eigenvalue weighted by Gasteiger charge is 2.26. The van der Waals surface area contributed by atoms with Crippen molar-refractivity contribution in [2.75, 3.05) is 0 Å². The normalized spacial score (nSPS) is 12.2. The topological polar surface area (TPSA) is 98.0 Å². The van der Waals surface area contributed by atoms with E-state index in [1.165, 1.54) is 32.1 Å². The SMILES string of the molecule is CCCCCCCCCC(CCCCCC)c1c(C(=O)O)cc(O)c(O)c1O. The van der Waals surface area contributed by atoms with Gasteiger partial charge in [-0.3, -0.25) is 0 Å². The molecule has 0 saturated heterocycles. The van der Waals surface area contributed by atoms with Gasteiger partial charge in [0.05, 0.1) is 5.56 Å². The van der Waals surface area contributed by atoms with Gasteiger partial charge in [-0.2, -0.15) is 0 Å². The quantitative estimate of drug-likeness (QED) is 0.196. The first kappa shape index (κ1) is 24.1. The lowest BCUT2D eigenvalue weighted by atomic mass is 9.84. The van der Waals surface area contributed by atoms with Crippen LogP contribution >= 0.6 is 0 Å². The monoisotopic (exact) mass is 394 g/mol. The van der Waals surface area contributed by atoms with Gasteiger partial charge in [0, 0.05) is 5.56 Å². The van der Waals surface area contributed by atoms with Crippen molar-refractivity contribution in [3.05, 3.63) is 17.2 Å². The van der Waals surface area contributed by atoms with Crippen LogP contribution in [0, 0.1) is 0 Å². The number of rotatable bonds is 15. The Morgan fingerprint density at radius 1 is 0.786 bits per heavy atom. The number of carboxylic acids is 1. The van der Waals surface area contributed by atoms with Gasteiger partial charge < -0.3 is 20.4 Å². The van der Waals surface area contributed by atoms with Gasteiger partial charge in [-0.1, -0.05) is 84.5 Å². The smallest absolute Gasteiger partial charge is 0.336 e. The molecule has 0 aliphatic rings. The van der Waals surface area contributed by atoms with Gasteiger partial charge >= 0.3 is 5.97 Å². The average molecular weight is 395 g/mol. The van der Waals surface area contributed by atoms with Gasteiger partial charge in [0.15, 0.2) is 11.5 Å². The molecule has 0 aliphatic carbocycles. The van der Waals surface area contributed by atoms with Gasteiger partial charge in [-0.25, -0.2) is 4.79 Å². The Morgan fingerprint density at radius 2 is 1.25 bits per heavy atom. The standard InChI is InChI=1S/C23H38O5/c1-3-5-7-9-10-11-13-15-17(14-12-8-6-4-2)20-18(23(27)28)16-19(24)21(25)22(20)26/h16-17,24-26H,3-15H2,1-2H3,(H,27,28). The van der Waals surface area contributed by atoms with Crippen molar-refractivity contribution in [3.63, 3.8) is 0 Å². The fraction of sp³-hybridized carbons (Fsp3) is 0.696. The number of aromatic carboxylic acids is 1. The van der Waals surface area contributed by atoms with Crippen molar-refractivity contribution in [1.29, 1.82) is 0 Å². The predicted molar refractivity (Wildman–Crippen MR) is 113 cm³/mol. The van der Waals surface area contributed by atoms with E-state index in [9.17, 15) is 25.2 Å². The van der Waals surface area contributed by atoms with Crippen molar-refractivity contribution < 1.29 is 25.2 Å². The van der Waals surface area contributed by atoms with E-state index in [2.05, 4.69) is 13.8 Å². The third kappa shape index (κ3) is 7.61. The molecule has 0 radical (unpaired) electrons. The number of benzene rings is 1. The molecule has 1 aromatic carbocycles. The van der Waals surface area contributed by atoms with Gasteiger partial charge in [0.25, 0.3) is 0 Å². The molecule has 0 bridgehead atoms. The minimum atomic E-state index is -1.20. The van der Waals surface area contributed by atoms with E-state index in [0.29, 0.717) is 0 Å². The van der Waals surface area contributed by atoms with Crippen LogP contribution in [0.25, 0.3) is 0 Å². The van der Waals surface area contributed by atoms with E-state index < -0.39 is 23.2 Å². The molecule has 28 heavy (non-hydrogen) atoms. The number of hydrogen-bond donors (Lipinski definition) is 4. The maximum Gasteiger partial charge on any atom is 0.336 e. The number of carbonyl (C=O) groups is 1. The second-order valence-corrected chi connectivity index (χ2v) is 7.82. The molecule has 1 aromatic rings. The number of phenols is 3. The van der Waals surface area contributed by atoms with Gasteiger partial charge in [-0.05, 0) is 24.8 Å². The van der Waals surface area contributed by atoms with Crippen LogP contribution < -0.4 is 0 Å². The molecule has 0 heterocycles. The van der Waals surface area contributed by atoms with E-state index in [1.807, 2.05) is 0 Å². The van der Waals surface area contributed by atoms with Gasteiger partial charge in [0.2, 0.25) is 5.75 Å². The van der Waals surface area contributed by atoms with Crippen molar-refractivity contribution in [3.8, 4) is 17.2 Å². The fourth-order valence-corrected chi connectivity index (χ4v) is 3.85. The second kappa shape index (κ2) is 13.3.